The number of carbonyl (C=O) groups excluding carboxylic acids is 2. The Morgan fingerprint density at radius 2 is 1.58 bits per heavy atom. The van der Waals surface area contributed by atoms with E-state index < -0.39 is 12.1 Å². The number of nitrogens with one attached hydrogen (secondary N) is 2. The van der Waals surface area contributed by atoms with E-state index in [1.54, 1.807) is 6.92 Å². The molecule has 0 aromatic heterocycles. The van der Waals surface area contributed by atoms with Crippen LogP contribution in [0.3, 0.4) is 0 Å². The average Bonchev–Trinajstić information content (AvgIpc) is 2.60. The van der Waals surface area contributed by atoms with Crippen LogP contribution in [0.5, 0.6) is 5.75 Å². The zero-order valence-electron chi connectivity index (χ0n) is 13.5. The zero-order valence-corrected chi connectivity index (χ0v) is 13.5. The molecule has 0 unspecified atom stereocenters. The fraction of sp³-hybridized carbons (Fsp3) is 0.263. The molecule has 1 aliphatic heterocycles. The van der Waals surface area contributed by atoms with E-state index in [9.17, 15) is 9.59 Å². The second-order valence-corrected chi connectivity index (χ2v) is 5.91. The van der Waals surface area contributed by atoms with E-state index in [-0.39, 0.29) is 11.8 Å². The molecule has 2 aromatic carbocycles. The van der Waals surface area contributed by atoms with Gasteiger partial charge in [-0.15, -0.1) is 0 Å². The first-order valence-corrected chi connectivity index (χ1v) is 7.98. The van der Waals surface area contributed by atoms with Crippen molar-refractivity contribution in [2.24, 2.45) is 0 Å². The van der Waals surface area contributed by atoms with E-state index in [1.165, 1.54) is 0 Å². The molecule has 5 heteroatoms. The fourth-order valence-corrected chi connectivity index (χ4v) is 2.58. The number of rotatable bonds is 5. The third kappa shape index (κ3) is 3.93. The van der Waals surface area contributed by atoms with Crippen LogP contribution in [0, 0.1) is 0 Å². The molecule has 1 fully saturated rings. The van der Waals surface area contributed by atoms with Crippen LogP contribution in [-0.2, 0) is 22.6 Å². The number of amides is 2. The highest BCUT2D eigenvalue weighted by molar-refractivity contribution is 5.96. The summed E-state index contributed by atoms with van der Waals surface area (Å²) in [7, 11) is 0. The topological polar surface area (TPSA) is 67.4 Å². The van der Waals surface area contributed by atoms with E-state index in [0.717, 1.165) is 16.9 Å². The van der Waals surface area contributed by atoms with Crippen LogP contribution in [0.15, 0.2) is 54.6 Å². The maximum atomic E-state index is 11.9. The molecule has 3 rings (SSSR count). The predicted molar refractivity (Wildman–Crippen MR) is 90.5 cm³/mol. The summed E-state index contributed by atoms with van der Waals surface area (Å²) >= 11 is 0. The highest BCUT2D eigenvalue weighted by atomic mass is 16.5. The highest BCUT2D eigenvalue weighted by Crippen LogP contribution is 2.16. The number of benzene rings is 2. The van der Waals surface area contributed by atoms with Gasteiger partial charge in [0.15, 0.2) is 0 Å². The van der Waals surface area contributed by atoms with Crippen LogP contribution in [0.2, 0.25) is 0 Å². The summed E-state index contributed by atoms with van der Waals surface area (Å²) in [6.07, 6.45) is 0.462. The number of piperazine rings is 1. The first-order chi connectivity index (χ1) is 11.6. The lowest BCUT2D eigenvalue weighted by Crippen LogP contribution is -2.61. The Kier molecular flexibility index (Phi) is 4.79. The van der Waals surface area contributed by atoms with Crippen LogP contribution in [0.25, 0.3) is 0 Å². The van der Waals surface area contributed by atoms with Crippen LogP contribution in [0.4, 0.5) is 0 Å². The molecule has 2 aromatic rings. The fourth-order valence-electron chi connectivity index (χ4n) is 2.58. The molecule has 1 saturated heterocycles. The maximum absolute atomic E-state index is 11.9. The van der Waals surface area contributed by atoms with E-state index in [1.807, 2.05) is 54.6 Å². The van der Waals surface area contributed by atoms with Gasteiger partial charge in [0.05, 0.1) is 0 Å². The van der Waals surface area contributed by atoms with Crippen molar-refractivity contribution in [1.29, 1.82) is 0 Å². The van der Waals surface area contributed by atoms with E-state index >= 15 is 0 Å². The molecule has 0 saturated carbocycles. The van der Waals surface area contributed by atoms with Crippen molar-refractivity contribution >= 4 is 11.8 Å². The van der Waals surface area contributed by atoms with Crippen molar-refractivity contribution < 1.29 is 14.3 Å². The molecule has 124 valence electrons. The lowest BCUT2D eigenvalue weighted by molar-refractivity contribution is -0.136. The van der Waals surface area contributed by atoms with E-state index in [2.05, 4.69) is 10.6 Å². The highest BCUT2D eigenvalue weighted by Gasteiger charge is 2.30. The Labute approximate surface area is 141 Å². The smallest absolute Gasteiger partial charge is 0.243 e. The minimum Gasteiger partial charge on any atom is -0.489 e. The minimum absolute atomic E-state index is 0.147. The second kappa shape index (κ2) is 7.17. The van der Waals surface area contributed by atoms with Gasteiger partial charge in [0.2, 0.25) is 11.8 Å². The van der Waals surface area contributed by atoms with Gasteiger partial charge in [-0.2, -0.15) is 0 Å². The van der Waals surface area contributed by atoms with Gasteiger partial charge in [0.25, 0.3) is 0 Å². The van der Waals surface area contributed by atoms with Crippen molar-refractivity contribution in [3.63, 3.8) is 0 Å². The number of carbonyl (C=O) groups is 2. The van der Waals surface area contributed by atoms with Crippen LogP contribution in [-0.4, -0.2) is 23.9 Å². The van der Waals surface area contributed by atoms with Crippen molar-refractivity contribution in [3.05, 3.63) is 65.7 Å². The normalized spacial score (nSPS) is 20.2. The largest absolute Gasteiger partial charge is 0.489 e. The average molecular weight is 324 g/mol. The summed E-state index contributed by atoms with van der Waals surface area (Å²) in [6, 6.07) is 16.5. The first-order valence-electron chi connectivity index (χ1n) is 7.98. The molecule has 24 heavy (non-hydrogen) atoms. The first kappa shape index (κ1) is 16.1. The quantitative estimate of drug-likeness (QED) is 0.881. The third-order valence-corrected chi connectivity index (χ3v) is 4.00. The van der Waals surface area contributed by atoms with Crippen molar-refractivity contribution in [2.45, 2.75) is 32.0 Å². The summed E-state index contributed by atoms with van der Waals surface area (Å²) in [5.74, 6) is 0.474. The standard InChI is InChI=1S/C19H20N2O3/c1-13-18(22)21-17(19(23)20-13)11-14-7-9-16(10-8-14)24-12-15-5-3-2-4-6-15/h2-10,13,17H,11-12H2,1H3,(H,20,23)(H,21,22)/t13-,17-/m0/s1. The van der Waals surface area contributed by atoms with Gasteiger partial charge in [-0.05, 0) is 30.2 Å². The Hall–Kier alpha value is -2.82. The number of ether oxygens (including phenoxy) is 1. The summed E-state index contributed by atoms with van der Waals surface area (Å²) < 4.78 is 5.74. The lowest BCUT2D eigenvalue weighted by atomic mass is 10.0. The van der Waals surface area contributed by atoms with Gasteiger partial charge in [0.1, 0.15) is 24.4 Å². The lowest BCUT2D eigenvalue weighted by Gasteiger charge is -2.27. The second-order valence-electron chi connectivity index (χ2n) is 5.91. The summed E-state index contributed by atoms with van der Waals surface area (Å²) in [4.78, 5) is 23.6. The number of hydrogen-bond donors (Lipinski definition) is 2. The molecular formula is C19H20N2O3. The maximum Gasteiger partial charge on any atom is 0.243 e. The van der Waals surface area contributed by atoms with Gasteiger partial charge in [0, 0.05) is 6.42 Å². The van der Waals surface area contributed by atoms with Gasteiger partial charge in [-0.3, -0.25) is 9.59 Å². The van der Waals surface area contributed by atoms with E-state index in [0.29, 0.717) is 13.0 Å². The SMILES string of the molecule is C[C@@H]1NC(=O)[C@H](Cc2ccc(OCc3ccccc3)cc2)NC1=O. The van der Waals surface area contributed by atoms with Crippen LogP contribution >= 0.6 is 0 Å². The Morgan fingerprint density at radius 1 is 0.875 bits per heavy atom. The molecule has 1 heterocycles. The van der Waals surface area contributed by atoms with Crippen LogP contribution < -0.4 is 15.4 Å². The molecule has 0 spiro atoms. The van der Waals surface area contributed by atoms with Crippen molar-refractivity contribution in [2.75, 3.05) is 0 Å². The summed E-state index contributed by atoms with van der Waals surface area (Å²) in [5.41, 5.74) is 2.08. The Bertz CT molecular complexity index is 713. The van der Waals surface area contributed by atoms with Gasteiger partial charge < -0.3 is 15.4 Å². The summed E-state index contributed by atoms with van der Waals surface area (Å²) in [6.45, 7) is 2.18. The molecule has 0 aliphatic carbocycles. The van der Waals surface area contributed by atoms with E-state index in [4.69, 9.17) is 4.74 Å². The summed E-state index contributed by atoms with van der Waals surface area (Å²) in [5, 5.41) is 5.42. The van der Waals surface area contributed by atoms with Crippen molar-refractivity contribution in [3.8, 4) is 5.75 Å². The molecule has 5 nitrogen and oxygen atoms in total. The zero-order chi connectivity index (χ0) is 16.9. The van der Waals surface area contributed by atoms with Gasteiger partial charge in [-0.1, -0.05) is 42.5 Å². The molecule has 2 atom stereocenters. The minimum atomic E-state index is -0.523. The molecule has 2 N–H and O–H groups in total. The third-order valence-electron chi connectivity index (χ3n) is 4.00. The Morgan fingerprint density at radius 3 is 2.29 bits per heavy atom. The predicted octanol–water partition coefficient (Wildman–Crippen LogP) is 1.81. The molecule has 1 aliphatic rings. The van der Waals surface area contributed by atoms with Gasteiger partial charge in [-0.25, -0.2) is 0 Å². The van der Waals surface area contributed by atoms with Gasteiger partial charge >= 0.3 is 0 Å². The Balaban J connectivity index is 1.56. The number of hydrogen-bond acceptors (Lipinski definition) is 3. The van der Waals surface area contributed by atoms with Crippen molar-refractivity contribution in [1.82, 2.24) is 10.6 Å². The monoisotopic (exact) mass is 324 g/mol. The molecular weight excluding hydrogens is 304 g/mol. The molecule has 2 amide bonds. The van der Waals surface area contributed by atoms with Crippen LogP contribution in [0.1, 0.15) is 18.1 Å². The molecule has 0 bridgehead atoms. The molecule has 0 radical (unpaired) electrons.